The van der Waals surface area contributed by atoms with E-state index in [1.54, 1.807) is 6.07 Å². The number of Topliss-reactive ketones (excluding diaryl/α,β-unsaturated/α-hetero) is 1. The van der Waals surface area contributed by atoms with Crippen LogP contribution in [0.4, 0.5) is 11.4 Å². The predicted octanol–water partition coefficient (Wildman–Crippen LogP) is 3.62. The van der Waals surface area contributed by atoms with Gasteiger partial charge in [-0.2, -0.15) is 0 Å². The number of nitrogens with one attached hydrogen (secondary N) is 1. The van der Waals surface area contributed by atoms with Crippen LogP contribution in [-0.4, -0.2) is 38.4 Å². The predicted molar refractivity (Wildman–Crippen MR) is 111 cm³/mol. The van der Waals surface area contributed by atoms with E-state index >= 15 is 0 Å². The number of aromatic carboxylic acids is 1. The highest BCUT2D eigenvalue weighted by Crippen LogP contribution is 2.32. The van der Waals surface area contributed by atoms with E-state index in [9.17, 15) is 23.1 Å². The fourth-order valence-corrected chi connectivity index (χ4v) is 4.57. The Balaban J connectivity index is 1.97. The van der Waals surface area contributed by atoms with Gasteiger partial charge < -0.3 is 10.0 Å². The fourth-order valence-electron chi connectivity index (χ4n) is 3.51. The van der Waals surface area contributed by atoms with Crippen LogP contribution < -0.4 is 9.62 Å². The number of hydrogen-bond acceptors (Lipinski definition) is 5. The normalized spacial score (nSPS) is 17.0. The molecule has 0 bridgehead atoms. The van der Waals surface area contributed by atoms with E-state index in [2.05, 4.69) is 16.5 Å². The van der Waals surface area contributed by atoms with Crippen LogP contribution in [0.3, 0.4) is 0 Å². The molecule has 1 saturated heterocycles. The highest BCUT2D eigenvalue weighted by Gasteiger charge is 2.23. The molecule has 0 amide bonds. The van der Waals surface area contributed by atoms with Crippen molar-refractivity contribution in [2.75, 3.05) is 22.7 Å². The second-order valence-corrected chi connectivity index (χ2v) is 9.10. The minimum atomic E-state index is -3.95. The molecular formula is C21H24N2O5S. The lowest BCUT2D eigenvalue weighted by atomic mass is 9.99. The number of carboxylic acids is 1. The summed E-state index contributed by atoms with van der Waals surface area (Å²) in [6.07, 6.45) is 2.09. The average Bonchev–Trinajstić information content (AvgIpc) is 2.67. The van der Waals surface area contributed by atoms with Crippen molar-refractivity contribution >= 4 is 33.2 Å². The number of rotatable bonds is 6. The van der Waals surface area contributed by atoms with Gasteiger partial charge in [0, 0.05) is 18.7 Å². The van der Waals surface area contributed by atoms with E-state index in [1.807, 2.05) is 0 Å². The molecule has 0 aromatic heterocycles. The Bertz CT molecular complexity index is 1030. The number of anilines is 2. The number of carbonyl (C=O) groups excluding carboxylic acids is 1. The third kappa shape index (κ3) is 4.76. The van der Waals surface area contributed by atoms with Crippen molar-refractivity contribution in [1.82, 2.24) is 0 Å². The Morgan fingerprint density at radius 2 is 1.76 bits per heavy atom. The van der Waals surface area contributed by atoms with Gasteiger partial charge in [0.1, 0.15) is 0 Å². The Morgan fingerprint density at radius 1 is 1.10 bits per heavy atom. The number of nitrogens with zero attached hydrogens (tertiary/aromatic N) is 1. The van der Waals surface area contributed by atoms with Crippen LogP contribution in [-0.2, 0) is 10.0 Å². The minimum absolute atomic E-state index is 0.00110. The molecule has 2 aromatic carbocycles. The van der Waals surface area contributed by atoms with Gasteiger partial charge in [0.05, 0.1) is 21.8 Å². The quantitative estimate of drug-likeness (QED) is 0.697. The molecule has 7 nitrogen and oxygen atoms in total. The second kappa shape index (κ2) is 8.24. The van der Waals surface area contributed by atoms with Crippen LogP contribution in [0.1, 0.15) is 47.4 Å². The largest absolute Gasteiger partial charge is 0.478 e. The molecule has 0 spiro atoms. The Kier molecular flexibility index (Phi) is 5.93. The van der Waals surface area contributed by atoms with Crippen LogP contribution in [0.5, 0.6) is 0 Å². The summed E-state index contributed by atoms with van der Waals surface area (Å²) in [5.74, 6) is -0.820. The molecule has 1 aliphatic heterocycles. The molecule has 1 aliphatic rings. The summed E-state index contributed by atoms with van der Waals surface area (Å²) in [7, 11) is -3.95. The van der Waals surface area contributed by atoms with Gasteiger partial charge in [-0.3, -0.25) is 9.52 Å². The lowest BCUT2D eigenvalue weighted by molar-refractivity contribution is 0.0696. The average molecular weight is 416 g/mol. The van der Waals surface area contributed by atoms with Gasteiger partial charge in [0.25, 0.3) is 10.0 Å². The number of benzene rings is 2. The van der Waals surface area contributed by atoms with Crippen molar-refractivity contribution in [1.29, 1.82) is 0 Å². The first-order valence-electron chi connectivity index (χ1n) is 9.43. The molecule has 2 aromatic rings. The molecule has 3 rings (SSSR count). The summed E-state index contributed by atoms with van der Waals surface area (Å²) in [4.78, 5) is 24.9. The monoisotopic (exact) mass is 416 g/mol. The van der Waals surface area contributed by atoms with Crippen molar-refractivity contribution in [2.24, 2.45) is 5.92 Å². The van der Waals surface area contributed by atoms with Crippen molar-refractivity contribution in [3.05, 3.63) is 53.6 Å². The summed E-state index contributed by atoms with van der Waals surface area (Å²) >= 11 is 0. The Labute approximate surface area is 170 Å². The van der Waals surface area contributed by atoms with Crippen LogP contribution in [0.25, 0.3) is 0 Å². The van der Waals surface area contributed by atoms with E-state index in [4.69, 9.17) is 0 Å². The van der Waals surface area contributed by atoms with E-state index in [0.29, 0.717) is 17.2 Å². The maximum atomic E-state index is 12.9. The summed E-state index contributed by atoms with van der Waals surface area (Å²) in [6, 6.07) is 10.1. The first kappa shape index (κ1) is 20.9. The lowest BCUT2D eigenvalue weighted by Gasteiger charge is -2.34. The fraction of sp³-hybridized carbons (Fsp3) is 0.333. The smallest absolute Gasteiger partial charge is 0.335 e. The SMILES string of the molecule is CC(=O)c1ccc(S(=O)(=O)Nc2cc(C(=O)O)ccc2N2CCC[C@H](C)C2)cc1. The molecule has 0 saturated carbocycles. The van der Waals surface area contributed by atoms with E-state index < -0.39 is 16.0 Å². The highest BCUT2D eigenvalue weighted by molar-refractivity contribution is 7.92. The molecular weight excluding hydrogens is 392 g/mol. The first-order chi connectivity index (χ1) is 13.7. The van der Waals surface area contributed by atoms with Gasteiger partial charge in [0.15, 0.2) is 5.78 Å². The van der Waals surface area contributed by atoms with Crippen LogP contribution >= 0.6 is 0 Å². The molecule has 0 radical (unpaired) electrons. The first-order valence-corrected chi connectivity index (χ1v) is 10.9. The van der Waals surface area contributed by atoms with E-state index in [0.717, 1.165) is 25.9 Å². The minimum Gasteiger partial charge on any atom is -0.478 e. The summed E-state index contributed by atoms with van der Waals surface area (Å²) < 4.78 is 28.3. The molecule has 29 heavy (non-hydrogen) atoms. The third-order valence-electron chi connectivity index (χ3n) is 5.06. The van der Waals surface area contributed by atoms with Crippen LogP contribution in [0.15, 0.2) is 47.4 Å². The zero-order valence-electron chi connectivity index (χ0n) is 16.4. The third-order valence-corrected chi connectivity index (χ3v) is 6.44. The van der Waals surface area contributed by atoms with Gasteiger partial charge in [-0.25, -0.2) is 13.2 Å². The van der Waals surface area contributed by atoms with Gasteiger partial charge in [-0.05, 0) is 56.0 Å². The van der Waals surface area contributed by atoms with Crippen LogP contribution in [0, 0.1) is 5.92 Å². The van der Waals surface area contributed by atoms with E-state index in [1.165, 1.54) is 43.3 Å². The number of carboxylic acid groups (broad SMARTS) is 1. The Morgan fingerprint density at radius 3 is 2.34 bits per heavy atom. The molecule has 1 heterocycles. The zero-order chi connectivity index (χ0) is 21.2. The molecule has 1 atom stereocenters. The molecule has 8 heteroatoms. The molecule has 154 valence electrons. The zero-order valence-corrected chi connectivity index (χ0v) is 17.2. The van der Waals surface area contributed by atoms with Crippen molar-refractivity contribution in [3.8, 4) is 0 Å². The number of carbonyl (C=O) groups is 2. The van der Waals surface area contributed by atoms with Crippen molar-refractivity contribution < 1.29 is 23.1 Å². The molecule has 0 unspecified atom stereocenters. The molecule has 0 aliphatic carbocycles. The summed E-state index contributed by atoms with van der Waals surface area (Å²) in [5.41, 5.74) is 1.31. The van der Waals surface area contributed by atoms with Gasteiger partial charge in [-0.1, -0.05) is 19.1 Å². The van der Waals surface area contributed by atoms with Gasteiger partial charge >= 0.3 is 5.97 Å². The van der Waals surface area contributed by atoms with Gasteiger partial charge in [0.2, 0.25) is 0 Å². The number of ketones is 1. The van der Waals surface area contributed by atoms with Crippen molar-refractivity contribution in [3.63, 3.8) is 0 Å². The molecule has 2 N–H and O–H groups in total. The maximum absolute atomic E-state index is 12.9. The second-order valence-electron chi connectivity index (χ2n) is 7.42. The topological polar surface area (TPSA) is 104 Å². The van der Waals surface area contributed by atoms with Crippen LogP contribution in [0.2, 0.25) is 0 Å². The summed E-state index contributed by atoms with van der Waals surface area (Å²) in [6.45, 7) is 5.09. The van der Waals surface area contributed by atoms with Gasteiger partial charge in [-0.15, -0.1) is 0 Å². The standard InChI is InChI=1S/C21H24N2O5S/c1-14-4-3-11-23(13-14)20-10-7-17(21(25)26)12-19(20)22-29(27,28)18-8-5-16(6-9-18)15(2)24/h5-10,12,14,22H,3-4,11,13H2,1-2H3,(H,25,26)/t14-/m0/s1. The number of piperidine rings is 1. The van der Waals surface area contributed by atoms with E-state index in [-0.39, 0.29) is 21.9 Å². The maximum Gasteiger partial charge on any atom is 0.335 e. The lowest BCUT2D eigenvalue weighted by Crippen LogP contribution is -2.35. The molecule has 1 fully saturated rings. The summed E-state index contributed by atoms with van der Waals surface area (Å²) in [5, 5.41) is 9.33. The number of hydrogen-bond donors (Lipinski definition) is 2. The Hall–Kier alpha value is -2.87. The number of sulfonamides is 1. The highest BCUT2D eigenvalue weighted by atomic mass is 32.2. The van der Waals surface area contributed by atoms with Crippen molar-refractivity contribution in [2.45, 2.75) is 31.6 Å².